The fourth-order valence-corrected chi connectivity index (χ4v) is 3.55. The molecule has 0 radical (unpaired) electrons. The van der Waals surface area contributed by atoms with Gasteiger partial charge in [0.15, 0.2) is 5.65 Å². The van der Waals surface area contributed by atoms with Crippen LogP contribution in [0.1, 0.15) is 36.8 Å². The summed E-state index contributed by atoms with van der Waals surface area (Å²) < 4.78 is 1.80. The summed E-state index contributed by atoms with van der Waals surface area (Å²) in [7, 11) is 0. The number of hydrogen-bond acceptors (Lipinski definition) is 5. The molecular weight excluding hydrogens is 252 g/mol. The van der Waals surface area contributed by atoms with E-state index in [4.69, 9.17) is 11.0 Å². The third kappa shape index (κ3) is 1.43. The molecule has 2 aliphatic rings. The van der Waals surface area contributed by atoms with Crippen molar-refractivity contribution in [2.75, 3.05) is 17.2 Å². The highest BCUT2D eigenvalue weighted by Crippen LogP contribution is 2.37. The Morgan fingerprint density at radius 2 is 2.15 bits per heavy atom. The van der Waals surface area contributed by atoms with Gasteiger partial charge in [-0.15, -0.1) is 0 Å². The summed E-state index contributed by atoms with van der Waals surface area (Å²) in [5.41, 5.74) is 8.24. The van der Waals surface area contributed by atoms with Crippen LogP contribution in [0.2, 0.25) is 0 Å². The molecular formula is C14H16N6. The van der Waals surface area contributed by atoms with Gasteiger partial charge in [0.1, 0.15) is 23.3 Å². The molecule has 2 aromatic rings. The first-order valence-electron chi connectivity index (χ1n) is 7.12. The van der Waals surface area contributed by atoms with E-state index in [1.54, 1.807) is 10.7 Å². The summed E-state index contributed by atoms with van der Waals surface area (Å²) in [6, 6.07) is 2.71. The molecule has 1 saturated carbocycles. The fourth-order valence-electron chi connectivity index (χ4n) is 3.55. The van der Waals surface area contributed by atoms with Crippen molar-refractivity contribution >= 4 is 17.3 Å². The third-order valence-electron chi connectivity index (χ3n) is 4.51. The number of rotatable bonds is 1. The fraction of sp³-hybridized carbons (Fsp3) is 0.500. The molecule has 0 aromatic carbocycles. The second-order valence-corrected chi connectivity index (χ2v) is 5.59. The molecule has 2 N–H and O–H groups in total. The van der Waals surface area contributed by atoms with Gasteiger partial charge >= 0.3 is 0 Å². The molecule has 102 valence electrons. The minimum absolute atomic E-state index is 0.484. The molecule has 4 rings (SSSR count). The van der Waals surface area contributed by atoms with E-state index in [-0.39, 0.29) is 0 Å². The van der Waals surface area contributed by atoms with Crippen molar-refractivity contribution in [1.82, 2.24) is 14.6 Å². The van der Waals surface area contributed by atoms with Gasteiger partial charge in [-0.2, -0.15) is 14.9 Å². The number of nitriles is 1. The molecule has 0 atom stereocenters. The standard InChI is InChI=1S/C14H16N6/c15-7-9-8-17-20-13(9)18-12(16)11-5-6-19(14(11)20)10-3-1-2-4-10/h8,10H,1-6H2,(H2,16,18). The zero-order valence-corrected chi connectivity index (χ0v) is 11.2. The first-order chi connectivity index (χ1) is 9.79. The van der Waals surface area contributed by atoms with E-state index in [0.29, 0.717) is 23.1 Å². The maximum absolute atomic E-state index is 9.14. The van der Waals surface area contributed by atoms with Gasteiger partial charge in [-0.3, -0.25) is 0 Å². The third-order valence-corrected chi connectivity index (χ3v) is 4.51. The van der Waals surface area contributed by atoms with Crippen molar-refractivity contribution in [2.45, 2.75) is 38.1 Å². The van der Waals surface area contributed by atoms with Crippen molar-refractivity contribution in [3.63, 3.8) is 0 Å². The molecule has 3 heterocycles. The summed E-state index contributed by atoms with van der Waals surface area (Å²) in [4.78, 5) is 6.79. The Morgan fingerprint density at radius 1 is 1.35 bits per heavy atom. The molecule has 0 spiro atoms. The van der Waals surface area contributed by atoms with Gasteiger partial charge in [-0.05, 0) is 19.3 Å². The van der Waals surface area contributed by atoms with Crippen LogP contribution in [0.4, 0.5) is 11.6 Å². The summed E-state index contributed by atoms with van der Waals surface area (Å²) in [5.74, 6) is 1.60. The van der Waals surface area contributed by atoms with E-state index in [9.17, 15) is 0 Å². The predicted octanol–water partition coefficient (Wildman–Crippen LogP) is 1.49. The highest BCUT2D eigenvalue weighted by Gasteiger charge is 2.33. The van der Waals surface area contributed by atoms with E-state index >= 15 is 0 Å². The number of nitrogen functional groups attached to an aromatic ring is 1. The Kier molecular flexibility index (Phi) is 2.36. The lowest BCUT2D eigenvalue weighted by atomic mass is 10.2. The molecule has 1 aliphatic carbocycles. The first kappa shape index (κ1) is 11.5. The van der Waals surface area contributed by atoms with Gasteiger partial charge in [-0.25, -0.2) is 4.98 Å². The maximum atomic E-state index is 9.14. The Balaban J connectivity index is 1.94. The molecule has 0 unspecified atom stereocenters. The van der Waals surface area contributed by atoms with Gasteiger partial charge in [0.05, 0.1) is 6.20 Å². The van der Waals surface area contributed by atoms with Crippen molar-refractivity contribution in [2.24, 2.45) is 0 Å². The lowest BCUT2D eigenvalue weighted by molar-refractivity contribution is 0.614. The highest BCUT2D eigenvalue weighted by molar-refractivity contribution is 5.70. The average molecular weight is 268 g/mol. The normalized spacial score (nSPS) is 18.6. The number of fused-ring (bicyclic) bond motifs is 3. The van der Waals surface area contributed by atoms with E-state index in [1.807, 2.05) is 0 Å². The Bertz CT molecular complexity index is 719. The summed E-state index contributed by atoms with van der Waals surface area (Å²) >= 11 is 0. The smallest absolute Gasteiger partial charge is 0.177 e. The first-order valence-corrected chi connectivity index (χ1v) is 7.12. The lowest BCUT2D eigenvalue weighted by Gasteiger charge is -2.26. The molecule has 0 amide bonds. The molecule has 6 heteroatoms. The maximum Gasteiger partial charge on any atom is 0.177 e. The lowest BCUT2D eigenvalue weighted by Crippen LogP contribution is -2.32. The minimum Gasteiger partial charge on any atom is -0.383 e. The van der Waals surface area contributed by atoms with Crippen LogP contribution in [0.3, 0.4) is 0 Å². The van der Waals surface area contributed by atoms with Crippen molar-refractivity contribution < 1.29 is 0 Å². The topological polar surface area (TPSA) is 83.2 Å². The van der Waals surface area contributed by atoms with Crippen LogP contribution in [0.15, 0.2) is 6.20 Å². The average Bonchev–Trinajstić information content (AvgIpc) is 3.16. The Hall–Kier alpha value is -2.29. The SMILES string of the molecule is N#Cc1cnn2c3c(c(N)nc12)CCN3C1CCCC1. The summed E-state index contributed by atoms with van der Waals surface area (Å²) in [5, 5.41) is 13.5. The van der Waals surface area contributed by atoms with Crippen LogP contribution in [0, 0.1) is 11.3 Å². The predicted molar refractivity (Wildman–Crippen MR) is 75.4 cm³/mol. The zero-order valence-electron chi connectivity index (χ0n) is 11.2. The molecule has 1 fully saturated rings. The molecule has 6 nitrogen and oxygen atoms in total. The van der Waals surface area contributed by atoms with Gasteiger partial charge < -0.3 is 10.6 Å². The minimum atomic E-state index is 0.484. The second kappa shape index (κ2) is 4.10. The molecule has 1 aliphatic heterocycles. The Morgan fingerprint density at radius 3 is 2.90 bits per heavy atom. The zero-order chi connectivity index (χ0) is 13.7. The molecule has 0 bridgehead atoms. The molecule has 20 heavy (non-hydrogen) atoms. The van der Waals surface area contributed by atoms with E-state index < -0.39 is 0 Å². The largest absolute Gasteiger partial charge is 0.383 e. The van der Waals surface area contributed by atoms with Gasteiger partial charge in [0.25, 0.3) is 0 Å². The number of nitrogens with two attached hydrogens (primary N) is 1. The highest BCUT2D eigenvalue weighted by atomic mass is 15.4. The summed E-state index contributed by atoms with van der Waals surface area (Å²) in [6.07, 6.45) is 7.55. The molecule has 2 aromatic heterocycles. The van der Waals surface area contributed by atoms with Crippen LogP contribution in [-0.2, 0) is 6.42 Å². The van der Waals surface area contributed by atoms with Crippen LogP contribution in [0.5, 0.6) is 0 Å². The second-order valence-electron chi connectivity index (χ2n) is 5.59. The van der Waals surface area contributed by atoms with Crippen LogP contribution in [0.25, 0.3) is 5.65 Å². The summed E-state index contributed by atoms with van der Waals surface area (Å²) in [6.45, 7) is 0.979. The van der Waals surface area contributed by atoms with Crippen molar-refractivity contribution in [1.29, 1.82) is 5.26 Å². The van der Waals surface area contributed by atoms with E-state index in [1.165, 1.54) is 25.7 Å². The van der Waals surface area contributed by atoms with Gasteiger partial charge in [0.2, 0.25) is 0 Å². The quantitative estimate of drug-likeness (QED) is 0.847. The monoisotopic (exact) mass is 268 g/mol. The van der Waals surface area contributed by atoms with E-state index in [2.05, 4.69) is 21.1 Å². The van der Waals surface area contributed by atoms with Crippen LogP contribution < -0.4 is 10.6 Å². The number of anilines is 2. The van der Waals surface area contributed by atoms with Crippen molar-refractivity contribution in [3.8, 4) is 6.07 Å². The van der Waals surface area contributed by atoms with Crippen molar-refractivity contribution in [3.05, 3.63) is 17.3 Å². The van der Waals surface area contributed by atoms with E-state index in [0.717, 1.165) is 24.3 Å². The number of hydrogen-bond donors (Lipinski definition) is 1. The van der Waals surface area contributed by atoms with Gasteiger partial charge in [0, 0.05) is 18.2 Å². The van der Waals surface area contributed by atoms with Crippen LogP contribution >= 0.6 is 0 Å². The number of aromatic nitrogens is 3. The Labute approximate surface area is 116 Å². The van der Waals surface area contributed by atoms with Gasteiger partial charge in [-0.1, -0.05) is 12.8 Å². The number of nitrogens with zero attached hydrogens (tertiary/aromatic N) is 5. The molecule has 0 saturated heterocycles. The van der Waals surface area contributed by atoms with Crippen LogP contribution in [-0.4, -0.2) is 27.2 Å².